The van der Waals surface area contributed by atoms with Crippen LogP contribution >= 0.6 is 11.8 Å². The quantitative estimate of drug-likeness (QED) is 0.453. The van der Waals surface area contributed by atoms with Gasteiger partial charge in [-0.05, 0) is 48.6 Å². The molecule has 0 saturated heterocycles. The monoisotopic (exact) mass is 367 g/mol. The Morgan fingerprint density at radius 2 is 1.96 bits per heavy atom. The van der Waals surface area contributed by atoms with Crippen molar-refractivity contribution in [1.29, 1.82) is 0 Å². The minimum absolute atomic E-state index is 0.218. The Balaban J connectivity index is 1.85. The summed E-state index contributed by atoms with van der Waals surface area (Å²) in [6, 6.07) is 18.6. The second-order valence-corrected chi connectivity index (χ2v) is 6.73. The van der Waals surface area contributed by atoms with E-state index in [0.717, 1.165) is 22.9 Å². The van der Waals surface area contributed by atoms with Gasteiger partial charge in [0, 0.05) is 11.8 Å². The molecule has 5 nitrogen and oxygen atoms in total. The van der Waals surface area contributed by atoms with Gasteiger partial charge in [0.15, 0.2) is 0 Å². The number of thioether (sulfide) groups is 1. The molecule has 1 heterocycles. The van der Waals surface area contributed by atoms with Gasteiger partial charge in [0.25, 0.3) is 5.91 Å². The third-order valence-corrected chi connectivity index (χ3v) is 4.86. The number of aromatic nitrogens is 2. The lowest BCUT2D eigenvalue weighted by atomic mass is 10.2. The van der Waals surface area contributed by atoms with Crippen LogP contribution in [0.4, 0.5) is 5.69 Å². The number of hydrogen-bond acceptors (Lipinski definition) is 4. The average molecular weight is 367 g/mol. The summed E-state index contributed by atoms with van der Waals surface area (Å²) in [5.41, 5.74) is 2.09. The molecule has 3 aromatic rings. The van der Waals surface area contributed by atoms with Crippen molar-refractivity contribution in [3.63, 3.8) is 0 Å². The van der Waals surface area contributed by atoms with E-state index < -0.39 is 0 Å². The van der Waals surface area contributed by atoms with Crippen LogP contribution < -0.4 is 5.06 Å². The van der Waals surface area contributed by atoms with E-state index in [9.17, 15) is 4.79 Å². The fraction of sp³-hybridized carbons (Fsp3) is 0.200. The van der Waals surface area contributed by atoms with E-state index in [2.05, 4.69) is 12.0 Å². The van der Waals surface area contributed by atoms with Crippen molar-refractivity contribution in [3.8, 4) is 5.69 Å². The fourth-order valence-corrected chi connectivity index (χ4v) is 3.22. The molecule has 0 aliphatic heterocycles. The van der Waals surface area contributed by atoms with E-state index in [1.165, 1.54) is 12.2 Å². The van der Waals surface area contributed by atoms with Gasteiger partial charge in [-0.25, -0.2) is 4.68 Å². The summed E-state index contributed by atoms with van der Waals surface area (Å²) in [5, 5.41) is 6.86. The molecular formula is C20H21N3O2S. The van der Waals surface area contributed by atoms with Crippen molar-refractivity contribution in [3.05, 3.63) is 72.4 Å². The molecule has 0 unspecified atom stereocenters. The Hall–Kier alpha value is -2.57. The van der Waals surface area contributed by atoms with Crippen molar-refractivity contribution < 1.29 is 9.63 Å². The van der Waals surface area contributed by atoms with Gasteiger partial charge in [0.2, 0.25) is 0 Å². The van der Waals surface area contributed by atoms with Crippen LogP contribution in [0.25, 0.3) is 5.69 Å². The summed E-state index contributed by atoms with van der Waals surface area (Å²) in [5.74, 6) is 0.824. The molecule has 2 aromatic carbocycles. The van der Waals surface area contributed by atoms with Crippen LogP contribution in [-0.2, 0) is 4.84 Å². The zero-order valence-electron chi connectivity index (χ0n) is 14.8. The van der Waals surface area contributed by atoms with Gasteiger partial charge in [-0.2, -0.15) is 10.2 Å². The van der Waals surface area contributed by atoms with Crippen LogP contribution in [0.1, 0.15) is 23.7 Å². The van der Waals surface area contributed by atoms with E-state index >= 15 is 0 Å². The van der Waals surface area contributed by atoms with Gasteiger partial charge < -0.3 is 0 Å². The van der Waals surface area contributed by atoms with Crippen LogP contribution in [-0.4, -0.2) is 28.6 Å². The van der Waals surface area contributed by atoms with E-state index in [0.29, 0.717) is 11.3 Å². The van der Waals surface area contributed by atoms with Crippen molar-refractivity contribution >= 4 is 23.4 Å². The molecule has 1 amide bonds. The lowest BCUT2D eigenvalue weighted by molar-refractivity contribution is 0.0773. The summed E-state index contributed by atoms with van der Waals surface area (Å²) < 4.78 is 1.81. The molecule has 0 aliphatic carbocycles. The molecule has 0 N–H and O–H groups in total. The highest BCUT2D eigenvalue weighted by atomic mass is 32.2. The maximum Gasteiger partial charge on any atom is 0.282 e. The Morgan fingerprint density at radius 3 is 2.69 bits per heavy atom. The minimum Gasteiger partial charge on any atom is -0.269 e. The molecule has 0 fully saturated rings. The van der Waals surface area contributed by atoms with Gasteiger partial charge in [-0.1, -0.05) is 31.2 Å². The Kier molecular flexibility index (Phi) is 6.09. The number of hydrogen-bond donors (Lipinski definition) is 0. The number of carbonyl (C=O) groups excluding carboxylic acids is 1. The number of rotatable bonds is 7. The molecule has 1 aromatic heterocycles. The molecule has 3 rings (SSSR count). The molecule has 0 bridgehead atoms. The SMILES string of the molecule is CCCSc1ccn(-c2cccc(N(OC)C(=O)c3ccccc3)c2)n1. The lowest BCUT2D eigenvalue weighted by Gasteiger charge is -2.20. The number of carbonyl (C=O) groups is 1. The Bertz CT molecular complexity index is 864. The first-order valence-corrected chi connectivity index (χ1v) is 9.44. The summed E-state index contributed by atoms with van der Waals surface area (Å²) in [4.78, 5) is 18.1. The molecule has 134 valence electrons. The largest absolute Gasteiger partial charge is 0.282 e. The van der Waals surface area contributed by atoms with E-state index in [1.54, 1.807) is 23.9 Å². The van der Waals surface area contributed by atoms with Gasteiger partial charge >= 0.3 is 0 Å². The Labute approximate surface area is 157 Å². The fourth-order valence-electron chi connectivity index (χ4n) is 2.50. The molecule has 0 spiro atoms. The zero-order chi connectivity index (χ0) is 18.4. The van der Waals surface area contributed by atoms with Crippen LogP contribution in [0, 0.1) is 0 Å². The number of nitrogens with zero attached hydrogens (tertiary/aromatic N) is 3. The van der Waals surface area contributed by atoms with Crippen LogP contribution in [0.2, 0.25) is 0 Å². The third-order valence-electron chi connectivity index (χ3n) is 3.74. The highest BCUT2D eigenvalue weighted by molar-refractivity contribution is 7.99. The molecule has 6 heteroatoms. The van der Waals surface area contributed by atoms with Gasteiger partial charge in [0.1, 0.15) is 5.03 Å². The second-order valence-electron chi connectivity index (χ2n) is 5.61. The summed E-state index contributed by atoms with van der Waals surface area (Å²) in [6.45, 7) is 2.15. The van der Waals surface area contributed by atoms with Crippen molar-refractivity contribution in [2.75, 3.05) is 17.9 Å². The zero-order valence-corrected chi connectivity index (χ0v) is 15.6. The van der Waals surface area contributed by atoms with Gasteiger partial charge in [-0.3, -0.25) is 9.63 Å². The molecular weight excluding hydrogens is 346 g/mol. The summed E-state index contributed by atoms with van der Waals surface area (Å²) in [6.07, 6.45) is 3.03. The van der Waals surface area contributed by atoms with Crippen LogP contribution in [0.5, 0.6) is 0 Å². The number of hydroxylamine groups is 1. The highest BCUT2D eigenvalue weighted by Gasteiger charge is 2.18. The standard InChI is InChI=1S/C20H21N3O2S/c1-3-14-26-19-12-13-22(21-19)17-10-7-11-18(15-17)23(25-2)20(24)16-8-5-4-6-9-16/h4-13,15H,3,14H2,1-2H3. The first kappa shape index (κ1) is 18.2. The first-order chi connectivity index (χ1) is 12.7. The predicted molar refractivity (Wildman–Crippen MR) is 105 cm³/mol. The lowest BCUT2D eigenvalue weighted by Crippen LogP contribution is -2.29. The highest BCUT2D eigenvalue weighted by Crippen LogP contribution is 2.23. The van der Waals surface area contributed by atoms with Crippen LogP contribution in [0.3, 0.4) is 0 Å². The maximum atomic E-state index is 12.7. The predicted octanol–water partition coefficient (Wildman–Crippen LogP) is 4.58. The minimum atomic E-state index is -0.218. The van der Waals surface area contributed by atoms with Crippen molar-refractivity contribution in [2.45, 2.75) is 18.4 Å². The van der Waals surface area contributed by atoms with Crippen LogP contribution in [0.15, 0.2) is 71.9 Å². The second kappa shape index (κ2) is 8.69. The molecule has 26 heavy (non-hydrogen) atoms. The van der Waals surface area contributed by atoms with Gasteiger partial charge in [-0.15, -0.1) is 11.8 Å². The Morgan fingerprint density at radius 1 is 1.15 bits per heavy atom. The molecule has 0 atom stereocenters. The maximum absolute atomic E-state index is 12.7. The summed E-state index contributed by atoms with van der Waals surface area (Å²) in [7, 11) is 1.49. The summed E-state index contributed by atoms with van der Waals surface area (Å²) >= 11 is 1.73. The average Bonchev–Trinajstić information content (AvgIpc) is 3.17. The third kappa shape index (κ3) is 4.15. The van der Waals surface area contributed by atoms with E-state index in [4.69, 9.17) is 4.84 Å². The molecule has 0 saturated carbocycles. The number of anilines is 1. The normalized spacial score (nSPS) is 10.7. The van der Waals surface area contributed by atoms with E-state index in [1.807, 2.05) is 59.4 Å². The van der Waals surface area contributed by atoms with Gasteiger partial charge in [0.05, 0.1) is 18.5 Å². The topological polar surface area (TPSA) is 47.4 Å². The smallest absolute Gasteiger partial charge is 0.269 e. The molecule has 0 aliphatic rings. The van der Waals surface area contributed by atoms with E-state index in [-0.39, 0.29) is 5.91 Å². The van der Waals surface area contributed by atoms with Crippen molar-refractivity contribution in [1.82, 2.24) is 9.78 Å². The molecule has 0 radical (unpaired) electrons. The first-order valence-electron chi connectivity index (χ1n) is 8.45. The number of benzene rings is 2. The number of amides is 1. The van der Waals surface area contributed by atoms with Crippen molar-refractivity contribution in [2.24, 2.45) is 0 Å².